The summed E-state index contributed by atoms with van der Waals surface area (Å²) in [6.07, 6.45) is 6.06. The summed E-state index contributed by atoms with van der Waals surface area (Å²) < 4.78 is 7.48. The van der Waals surface area contributed by atoms with Crippen LogP contribution in [-0.4, -0.2) is 36.1 Å². The summed E-state index contributed by atoms with van der Waals surface area (Å²) in [6.45, 7) is 8.71. The SMILES string of the molecule is CCC(c1cc2ccccc2cc1Oc1cc2ccccc2cc1C(CC)c1cccc2[nH]c3c(c12)CCNCC3)c1cccc2[nH]c3c(c12)CCNCC3.Cl. The summed E-state index contributed by atoms with van der Waals surface area (Å²) in [4.78, 5) is 7.65. The van der Waals surface area contributed by atoms with Crippen LogP contribution in [0.15, 0.2) is 109 Å². The summed E-state index contributed by atoms with van der Waals surface area (Å²) >= 11 is 0. The first-order valence-corrected chi connectivity index (χ1v) is 20.6. The lowest BCUT2D eigenvalue weighted by atomic mass is 9.83. The van der Waals surface area contributed by atoms with Crippen molar-refractivity contribution in [2.75, 3.05) is 26.2 Å². The Morgan fingerprint density at radius 1 is 0.482 bits per heavy atom. The molecule has 6 heteroatoms. The minimum Gasteiger partial charge on any atom is -0.457 e. The molecule has 0 radical (unpaired) electrons. The first-order valence-electron chi connectivity index (χ1n) is 20.6. The maximum Gasteiger partial charge on any atom is 0.131 e. The van der Waals surface area contributed by atoms with Gasteiger partial charge in [-0.1, -0.05) is 86.6 Å². The van der Waals surface area contributed by atoms with Gasteiger partial charge in [-0.15, -0.1) is 12.4 Å². The summed E-state index contributed by atoms with van der Waals surface area (Å²) in [5.74, 6) is 2.19. The Balaban J connectivity index is 0.00000410. The lowest BCUT2D eigenvalue weighted by Crippen LogP contribution is -2.16. The second-order valence-corrected chi connectivity index (χ2v) is 15.7. The lowest BCUT2D eigenvalue weighted by Gasteiger charge is -2.25. The Kier molecular flexibility index (Phi) is 10.1. The Bertz CT molecular complexity index is 2520. The van der Waals surface area contributed by atoms with Crippen molar-refractivity contribution >= 4 is 55.8 Å². The molecule has 2 aromatic heterocycles. The second kappa shape index (κ2) is 15.5. The van der Waals surface area contributed by atoms with Gasteiger partial charge in [0.05, 0.1) is 0 Å². The number of benzene rings is 6. The van der Waals surface area contributed by atoms with Crippen LogP contribution >= 0.6 is 12.4 Å². The lowest BCUT2D eigenvalue weighted by molar-refractivity contribution is 0.464. The number of halogens is 1. The fourth-order valence-electron chi connectivity index (χ4n) is 9.99. The third-order valence-corrected chi connectivity index (χ3v) is 12.6. The molecule has 0 amide bonds. The van der Waals surface area contributed by atoms with Crippen molar-refractivity contribution < 1.29 is 4.74 Å². The summed E-state index contributed by atoms with van der Waals surface area (Å²) in [5.41, 5.74) is 13.5. The molecule has 0 saturated heterocycles. The van der Waals surface area contributed by atoms with Gasteiger partial charge in [-0.05, 0) is 119 Å². The minimum atomic E-state index is 0. The van der Waals surface area contributed by atoms with E-state index in [0.717, 1.165) is 76.2 Å². The highest BCUT2D eigenvalue weighted by Crippen LogP contribution is 2.46. The van der Waals surface area contributed by atoms with E-state index in [2.05, 4.69) is 144 Å². The van der Waals surface area contributed by atoms with Crippen molar-refractivity contribution in [3.8, 4) is 11.5 Å². The van der Waals surface area contributed by atoms with Gasteiger partial charge in [-0.25, -0.2) is 0 Å². The molecule has 4 N–H and O–H groups in total. The molecule has 0 saturated carbocycles. The van der Waals surface area contributed by atoms with Crippen LogP contribution in [0.1, 0.15) is 83.3 Å². The third kappa shape index (κ3) is 6.36. The number of fused-ring (bicyclic) bond motifs is 8. The van der Waals surface area contributed by atoms with Gasteiger partial charge in [0.15, 0.2) is 0 Å². The molecule has 56 heavy (non-hydrogen) atoms. The number of rotatable bonds is 8. The molecular weight excluding hydrogens is 708 g/mol. The zero-order valence-corrected chi connectivity index (χ0v) is 33.3. The minimum absolute atomic E-state index is 0. The summed E-state index contributed by atoms with van der Waals surface area (Å²) in [6, 6.07) is 40.7. The van der Waals surface area contributed by atoms with E-state index < -0.39 is 0 Å². The highest BCUT2D eigenvalue weighted by Gasteiger charge is 2.27. The van der Waals surface area contributed by atoms with Crippen LogP contribution < -0.4 is 15.4 Å². The van der Waals surface area contributed by atoms with E-state index in [1.54, 1.807) is 0 Å². The largest absolute Gasteiger partial charge is 0.457 e. The number of nitrogens with one attached hydrogen (secondary N) is 4. The molecule has 0 bridgehead atoms. The van der Waals surface area contributed by atoms with Crippen LogP contribution in [0.5, 0.6) is 11.5 Å². The normalized spacial score (nSPS) is 15.5. The van der Waals surface area contributed by atoms with Crippen molar-refractivity contribution in [3.05, 3.63) is 154 Å². The summed E-state index contributed by atoms with van der Waals surface area (Å²) in [5, 5.41) is 14.9. The van der Waals surface area contributed by atoms with E-state index in [9.17, 15) is 0 Å². The van der Waals surface area contributed by atoms with Crippen LogP contribution in [0.2, 0.25) is 0 Å². The number of hydrogen-bond donors (Lipinski definition) is 4. The second-order valence-electron chi connectivity index (χ2n) is 15.7. The molecule has 2 atom stereocenters. The van der Waals surface area contributed by atoms with Gasteiger partial charge in [0, 0.05) is 82.1 Å². The Hall–Kier alpha value is -5.07. The number of aromatic amines is 2. The fourth-order valence-corrected chi connectivity index (χ4v) is 9.99. The number of aromatic nitrogens is 2. The number of ether oxygens (including phenoxy) is 1. The number of H-pyrrole nitrogens is 2. The Morgan fingerprint density at radius 2 is 0.893 bits per heavy atom. The third-order valence-electron chi connectivity index (χ3n) is 12.6. The van der Waals surface area contributed by atoms with Gasteiger partial charge < -0.3 is 25.3 Å². The van der Waals surface area contributed by atoms with Crippen molar-refractivity contribution in [2.45, 2.75) is 64.2 Å². The Labute approximate surface area is 335 Å². The molecule has 8 aromatic rings. The maximum atomic E-state index is 7.48. The van der Waals surface area contributed by atoms with E-state index in [-0.39, 0.29) is 24.2 Å². The fraction of sp³-hybridized carbons (Fsp3) is 0.280. The molecule has 6 aromatic carbocycles. The van der Waals surface area contributed by atoms with Crippen molar-refractivity contribution in [2.24, 2.45) is 0 Å². The first-order chi connectivity index (χ1) is 27.2. The molecule has 0 fully saturated rings. The van der Waals surface area contributed by atoms with E-state index in [4.69, 9.17) is 4.74 Å². The van der Waals surface area contributed by atoms with Gasteiger partial charge >= 0.3 is 0 Å². The smallest absolute Gasteiger partial charge is 0.131 e. The summed E-state index contributed by atoms with van der Waals surface area (Å²) in [7, 11) is 0. The first kappa shape index (κ1) is 36.6. The molecule has 284 valence electrons. The molecule has 5 nitrogen and oxygen atoms in total. The quantitative estimate of drug-likeness (QED) is 0.125. The molecule has 0 aliphatic carbocycles. The zero-order valence-electron chi connectivity index (χ0n) is 32.4. The van der Waals surface area contributed by atoms with E-state index in [1.807, 2.05) is 0 Å². The maximum absolute atomic E-state index is 7.48. The molecule has 2 aliphatic heterocycles. The zero-order chi connectivity index (χ0) is 36.9. The molecule has 0 spiro atoms. The van der Waals surface area contributed by atoms with Crippen molar-refractivity contribution in [1.82, 2.24) is 20.6 Å². The average molecular weight is 759 g/mol. The molecule has 2 unspecified atom stereocenters. The molecule has 2 aliphatic rings. The Morgan fingerprint density at radius 3 is 1.32 bits per heavy atom. The van der Waals surface area contributed by atoms with Gasteiger partial charge in [-0.3, -0.25) is 0 Å². The van der Waals surface area contributed by atoms with Crippen LogP contribution in [0, 0.1) is 0 Å². The van der Waals surface area contributed by atoms with Gasteiger partial charge in [0.25, 0.3) is 0 Å². The number of hydrogen-bond acceptors (Lipinski definition) is 3. The molecule has 4 heterocycles. The predicted octanol–water partition coefficient (Wildman–Crippen LogP) is 11.6. The monoisotopic (exact) mass is 758 g/mol. The van der Waals surface area contributed by atoms with Crippen LogP contribution in [0.25, 0.3) is 43.4 Å². The molecular formula is C50H51ClN4O. The topological polar surface area (TPSA) is 64.9 Å². The van der Waals surface area contributed by atoms with Crippen molar-refractivity contribution in [1.29, 1.82) is 0 Å². The highest BCUT2D eigenvalue weighted by molar-refractivity contribution is 5.92. The van der Waals surface area contributed by atoms with Gasteiger partial charge in [0.2, 0.25) is 0 Å². The van der Waals surface area contributed by atoms with Crippen molar-refractivity contribution in [3.63, 3.8) is 0 Å². The van der Waals surface area contributed by atoms with Gasteiger partial charge in [0.1, 0.15) is 11.5 Å². The van der Waals surface area contributed by atoms with E-state index in [1.165, 1.54) is 88.1 Å². The average Bonchev–Trinajstić information content (AvgIpc) is 3.54. The predicted molar refractivity (Wildman–Crippen MR) is 237 cm³/mol. The van der Waals surface area contributed by atoms with E-state index in [0.29, 0.717) is 0 Å². The van der Waals surface area contributed by atoms with Crippen LogP contribution in [0.3, 0.4) is 0 Å². The van der Waals surface area contributed by atoms with Crippen LogP contribution in [0.4, 0.5) is 0 Å². The van der Waals surface area contributed by atoms with Crippen LogP contribution in [-0.2, 0) is 25.7 Å². The van der Waals surface area contributed by atoms with Gasteiger partial charge in [-0.2, -0.15) is 0 Å². The highest BCUT2D eigenvalue weighted by atomic mass is 35.5. The van der Waals surface area contributed by atoms with E-state index >= 15 is 0 Å². The molecule has 10 rings (SSSR count). The standard InChI is InChI=1S/C50H50N4O.ClH/c1-3-35(37-15-9-17-45-49(37)39-19-23-51-25-21-43(39)53-45)41-27-31-11-5-7-13-33(31)29-47(41)55-48-30-34-14-8-6-12-32(34)28-42(48)36(4-2)38-16-10-18-46-50(38)40-20-24-52-26-22-44(40)54-46;/h5-18,27-30,35-36,51-54H,3-4,19-26H2,1-2H3;1H.